The van der Waals surface area contributed by atoms with Gasteiger partial charge in [0.1, 0.15) is 10.6 Å². The van der Waals surface area contributed by atoms with Crippen molar-refractivity contribution < 1.29 is 4.74 Å². The second kappa shape index (κ2) is 6.37. The minimum absolute atomic E-state index is 0.00188. The zero-order chi connectivity index (χ0) is 16.6. The summed E-state index contributed by atoms with van der Waals surface area (Å²) in [6.45, 7) is 6.08. The van der Waals surface area contributed by atoms with Gasteiger partial charge in [0.15, 0.2) is 5.16 Å². The molecule has 2 aromatic heterocycles. The van der Waals surface area contributed by atoms with E-state index >= 15 is 0 Å². The van der Waals surface area contributed by atoms with Gasteiger partial charge in [-0.3, -0.25) is 9.36 Å². The van der Waals surface area contributed by atoms with Crippen LogP contribution in [0.3, 0.4) is 0 Å². The molecule has 2 heterocycles. The molecule has 6 heteroatoms. The smallest absolute Gasteiger partial charge is 0.267 e. The zero-order valence-electron chi connectivity index (χ0n) is 13.5. The number of methoxy groups -OCH3 is 1. The SMILES string of the molecule is CCSc1nc2sc(C)c(C)c2c(=O)n1-c1ccc(OC)cc1. The molecule has 0 N–H and O–H groups in total. The number of hydrogen-bond donors (Lipinski definition) is 0. The van der Waals surface area contributed by atoms with Crippen LogP contribution in [0.1, 0.15) is 17.4 Å². The third-order valence-corrected chi connectivity index (χ3v) is 5.70. The number of aryl methyl sites for hydroxylation is 2. The van der Waals surface area contributed by atoms with Gasteiger partial charge in [0.05, 0.1) is 18.2 Å². The molecule has 23 heavy (non-hydrogen) atoms. The van der Waals surface area contributed by atoms with Crippen LogP contribution < -0.4 is 10.3 Å². The van der Waals surface area contributed by atoms with Gasteiger partial charge in [-0.2, -0.15) is 0 Å². The van der Waals surface area contributed by atoms with Crippen molar-refractivity contribution in [3.8, 4) is 11.4 Å². The van der Waals surface area contributed by atoms with E-state index in [2.05, 4.69) is 6.92 Å². The van der Waals surface area contributed by atoms with Gasteiger partial charge in [0, 0.05) is 4.88 Å². The van der Waals surface area contributed by atoms with Crippen molar-refractivity contribution in [1.29, 1.82) is 0 Å². The van der Waals surface area contributed by atoms with E-state index in [-0.39, 0.29) is 5.56 Å². The molecule has 4 nitrogen and oxygen atoms in total. The third-order valence-electron chi connectivity index (χ3n) is 3.78. The molecule has 0 amide bonds. The number of rotatable bonds is 4. The number of thiophene rings is 1. The van der Waals surface area contributed by atoms with Gasteiger partial charge >= 0.3 is 0 Å². The van der Waals surface area contributed by atoms with E-state index in [1.165, 1.54) is 0 Å². The molecule has 0 bridgehead atoms. The fourth-order valence-electron chi connectivity index (χ4n) is 2.46. The molecule has 120 valence electrons. The van der Waals surface area contributed by atoms with Crippen LogP contribution in [0.4, 0.5) is 0 Å². The number of benzene rings is 1. The standard InChI is InChI=1S/C17H18N2O2S2/c1-5-22-17-18-15-14(10(2)11(3)23-15)16(20)19(17)12-6-8-13(21-4)9-7-12/h6-9H,5H2,1-4H3. The van der Waals surface area contributed by atoms with Crippen molar-refractivity contribution in [2.24, 2.45) is 0 Å². The number of aromatic nitrogens is 2. The summed E-state index contributed by atoms with van der Waals surface area (Å²) in [5, 5.41) is 1.46. The number of fused-ring (bicyclic) bond motifs is 1. The molecule has 0 aliphatic heterocycles. The summed E-state index contributed by atoms with van der Waals surface area (Å²) < 4.78 is 6.90. The molecule has 0 radical (unpaired) electrons. The molecule has 0 fully saturated rings. The highest BCUT2D eigenvalue weighted by Gasteiger charge is 2.17. The summed E-state index contributed by atoms with van der Waals surface area (Å²) in [7, 11) is 1.63. The van der Waals surface area contributed by atoms with Gasteiger partial charge in [-0.15, -0.1) is 11.3 Å². The molecule has 3 aromatic rings. The Morgan fingerprint density at radius 3 is 2.57 bits per heavy atom. The van der Waals surface area contributed by atoms with Gasteiger partial charge in [-0.1, -0.05) is 18.7 Å². The maximum Gasteiger partial charge on any atom is 0.267 e. The quantitative estimate of drug-likeness (QED) is 0.525. The molecular weight excluding hydrogens is 328 g/mol. The second-order valence-corrected chi connectivity index (χ2v) is 7.56. The Morgan fingerprint density at radius 2 is 1.96 bits per heavy atom. The van der Waals surface area contributed by atoms with Crippen LogP contribution in [0.15, 0.2) is 34.2 Å². The van der Waals surface area contributed by atoms with Crippen molar-refractivity contribution >= 4 is 33.3 Å². The summed E-state index contributed by atoms with van der Waals surface area (Å²) in [5.41, 5.74) is 1.83. The van der Waals surface area contributed by atoms with Crippen LogP contribution in [0.2, 0.25) is 0 Å². The molecule has 0 spiro atoms. The maximum atomic E-state index is 13.1. The first-order valence-electron chi connectivity index (χ1n) is 7.36. The van der Waals surface area contributed by atoms with Crippen LogP contribution in [0.5, 0.6) is 5.75 Å². The Bertz CT molecular complexity index is 911. The molecular formula is C17H18N2O2S2. The van der Waals surface area contributed by atoms with E-state index in [0.717, 1.165) is 43.0 Å². The number of thioether (sulfide) groups is 1. The lowest BCUT2D eigenvalue weighted by Crippen LogP contribution is -2.21. The lowest BCUT2D eigenvalue weighted by atomic mass is 10.2. The second-order valence-electron chi connectivity index (χ2n) is 5.13. The van der Waals surface area contributed by atoms with E-state index in [1.807, 2.05) is 38.1 Å². The van der Waals surface area contributed by atoms with Crippen LogP contribution in [-0.4, -0.2) is 22.4 Å². The van der Waals surface area contributed by atoms with Crippen molar-refractivity contribution in [2.45, 2.75) is 25.9 Å². The van der Waals surface area contributed by atoms with Gasteiger partial charge < -0.3 is 4.74 Å². The Labute approximate surface area is 143 Å². The van der Waals surface area contributed by atoms with E-state index < -0.39 is 0 Å². The summed E-state index contributed by atoms with van der Waals surface area (Å²) in [4.78, 5) is 19.8. The van der Waals surface area contributed by atoms with E-state index in [9.17, 15) is 4.79 Å². The zero-order valence-corrected chi connectivity index (χ0v) is 15.2. The minimum atomic E-state index is -0.00188. The molecule has 0 unspecified atom stereocenters. The number of nitrogens with zero attached hydrogens (tertiary/aromatic N) is 2. The number of ether oxygens (including phenoxy) is 1. The van der Waals surface area contributed by atoms with Crippen molar-refractivity contribution in [3.05, 3.63) is 45.1 Å². The Hall–Kier alpha value is -1.79. The molecule has 3 rings (SSSR count). The monoisotopic (exact) mass is 346 g/mol. The topological polar surface area (TPSA) is 44.1 Å². The van der Waals surface area contributed by atoms with Gasteiger partial charge in [0.25, 0.3) is 5.56 Å². The summed E-state index contributed by atoms with van der Waals surface area (Å²) in [6, 6.07) is 7.50. The molecule has 0 saturated heterocycles. The average molecular weight is 346 g/mol. The summed E-state index contributed by atoms with van der Waals surface area (Å²) in [6.07, 6.45) is 0. The first kappa shape index (κ1) is 16.1. The predicted octanol–water partition coefficient (Wildman–Crippen LogP) is 4.18. The fourth-order valence-corrected chi connectivity index (χ4v) is 4.27. The van der Waals surface area contributed by atoms with E-state index in [0.29, 0.717) is 0 Å². The summed E-state index contributed by atoms with van der Waals surface area (Å²) in [5.74, 6) is 1.63. The molecule has 0 saturated carbocycles. The minimum Gasteiger partial charge on any atom is -0.497 e. The average Bonchev–Trinajstić information content (AvgIpc) is 2.83. The molecule has 0 aliphatic rings. The lowest BCUT2D eigenvalue weighted by Gasteiger charge is -2.12. The summed E-state index contributed by atoms with van der Waals surface area (Å²) >= 11 is 3.16. The van der Waals surface area contributed by atoms with Gasteiger partial charge in [0.2, 0.25) is 0 Å². The van der Waals surface area contributed by atoms with E-state index in [4.69, 9.17) is 9.72 Å². The highest BCUT2D eigenvalue weighted by molar-refractivity contribution is 7.99. The largest absolute Gasteiger partial charge is 0.497 e. The molecule has 0 aliphatic carbocycles. The van der Waals surface area contributed by atoms with Crippen LogP contribution in [-0.2, 0) is 0 Å². The van der Waals surface area contributed by atoms with Crippen LogP contribution in [0, 0.1) is 13.8 Å². The third kappa shape index (κ3) is 2.77. The van der Waals surface area contributed by atoms with Gasteiger partial charge in [-0.05, 0) is 49.4 Å². The van der Waals surface area contributed by atoms with E-state index in [1.54, 1.807) is 34.8 Å². The van der Waals surface area contributed by atoms with Crippen LogP contribution in [0.25, 0.3) is 15.9 Å². The Kier molecular flexibility index (Phi) is 4.46. The van der Waals surface area contributed by atoms with Gasteiger partial charge in [-0.25, -0.2) is 4.98 Å². The Balaban J connectivity index is 2.31. The molecule has 0 atom stereocenters. The first-order chi connectivity index (χ1) is 11.1. The number of hydrogen-bond acceptors (Lipinski definition) is 5. The normalized spacial score (nSPS) is 11.1. The maximum absolute atomic E-state index is 13.1. The predicted molar refractivity (Wildman–Crippen MR) is 97.6 cm³/mol. The highest BCUT2D eigenvalue weighted by atomic mass is 32.2. The lowest BCUT2D eigenvalue weighted by molar-refractivity contribution is 0.414. The highest BCUT2D eigenvalue weighted by Crippen LogP contribution is 2.29. The van der Waals surface area contributed by atoms with Crippen molar-refractivity contribution in [3.63, 3.8) is 0 Å². The van der Waals surface area contributed by atoms with Crippen molar-refractivity contribution in [1.82, 2.24) is 9.55 Å². The first-order valence-corrected chi connectivity index (χ1v) is 9.17. The molecule has 1 aromatic carbocycles. The van der Waals surface area contributed by atoms with Crippen LogP contribution >= 0.6 is 23.1 Å². The Morgan fingerprint density at radius 1 is 1.26 bits per heavy atom. The fraction of sp³-hybridized carbons (Fsp3) is 0.294. The van der Waals surface area contributed by atoms with Crippen molar-refractivity contribution in [2.75, 3.05) is 12.9 Å².